The normalized spacial score (nSPS) is 12.3. The number of carbonyl (C=O) groups is 1. The van der Waals surface area contributed by atoms with Gasteiger partial charge in [-0.05, 0) is 43.7 Å². The molecule has 0 heterocycles. The van der Waals surface area contributed by atoms with Crippen LogP contribution in [0.1, 0.15) is 12.5 Å². The number of hydrogen-bond acceptors (Lipinski definition) is 5. The largest absolute Gasteiger partial charge is 0.493 e. The van der Waals surface area contributed by atoms with E-state index in [1.54, 1.807) is 25.1 Å². The summed E-state index contributed by atoms with van der Waals surface area (Å²) in [6, 6.07) is 8.25. The monoisotopic (exact) mass is 412 g/mol. The van der Waals surface area contributed by atoms with E-state index in [0.29, 0.717) is 22.0 Å². The zero-order valence-corrected chi connectivity index (χ0v) is 16.9. The summed E-state index contributed by atoms with van der Waals surface area (Å²) in [5, 5.41) is 3.18. The predicted octanol–water partition coefficient (Wildman–Crippen LogP) is 2.97. The molecule has 1 atom stereocenters. The molecule has 0 bridgehead atoms. The smallest absolute Gasteiger partial charge is 0.242 e. The van der Waals surface area contributed by atoms with Crippen molar-refractivity contribution in [1.29, 1.82) is 0 Å². The lowest BCUT2D eigenvalue weighted by Gasteiger charge is -2.16. The summed E-state index contributed by atoms with van der Waals surface area (Å²) in [7, 11) is -1.08. The average molecular weight is 413 g/mol. The van der Waals surface area contributed by atoms with Crippen LogP contribution < -0.4 is 19.5 Å². The number of methoxy groups -OCH3 is 2. The van der Waals surface area contributed by atoms with Gasteiger partial charge in [-0.15, -0.1) is 0 Å². The van der Waals surface area contributed by atoms with Crippen molar-refractivity contribution in [2.24, 2.45) is 0 Å². The molecule has 0 spiro atoms. The van der Waals surface area contributed by atoms with Crippen molar-refractivity contribution in [3.63, 3.8) is 0 Å². The van der Waals surface area contributed by atoms with E-state index in [1.165, 1.54) is 39.3 Å². The summed E-state index contributed by atoms with van der Waals surface area (Å²) in [5.41, 5.74) is 1.21. The minimum Gasteiger partial charge on any atom is -0.493 e. The topological polar surface area (TPSA) is 93.7 Å². The summed E-state index contributed by atoms with van der Waals surface area (Å²) in [4.78, 5) is 12.3. The lowest BCUT2D eigenvalue weighted by atomic mass is 10.2. The molecule has 2 aromatic carbocycles. The first-order valence-corrected chi connectivity index (χ1v) is 9.86. The van der Waals surface area contributed by atoms with Crippen LogP contribution in [0, 0.1) is 6.92 Å². The molecule has 9 heteroatoms. The Morgan fingerprint density at radius 3 is 2.41 bits per heavy atom. The number of anilines is 1. The molecular weight excluding hydrogens is 392 g/mol. The highest BCUT2D eigenvalue weighted by molar-refractivity contribution is 7.89. The third kappa shape index (κ3) is 4.91. The fraction of sp³-hybridized carbons (Fsp3) is 0.278. The summed E-state index contributed by atoms with van der Waals surface area (Å²) in [5.74, 6) is 0.162. The molecule has 0 saturated heterocycles. The van der Waals surface area contributed by atoms with Gasteiger partial charge in [0, 0.05) is 16.8 Å². The highest BCUT2D eigenvalue weighted by Crippen LogP contribution is 2.29. The first-order valence-electron chi connectivity index (χ1n) is 8.00. The minimum atomic E-state index is -3.95. The van der Waals surface area contributed by atoms with Crippen molar-refractivity contribution in [3.05, 3.63) is 47.0 Å². The summed E-state index contributed by atoms with van der Waals surface area (Å²) in [6.45, 7) is 3.21. The number of ether oxygens (including phenoxy) is 2. The maximum absolute atomic E-state index is 12.6. The van der Waals surface area contributed by atoms with Crippen LogP contribution in [0.5, 0.6) is 11.5 Å². The summed E-state index contributed by atoms with van der Waals surface area (Å²) in [6.07, 6.45) is 0. The Morgan fingerprint density at radius 1 is 1.11 bits per heavy atom. The van der Waals surface area contributed by atoms with Gasteiger partial charge < -0.3 is 14.8 Å². The molecule has 0 fully saturated rings. The quantitative estimate of drug-likeness (QED) is 0.729. The molecule has 2 N–H and O–H groups in total. The number of hydrogen-bond donors (Lipinski definition) is 2. The van der Waals surface area contributed by atoms with Gasteiger partial charge in [-0.1, -0.05) is 17.7 Å². The second-order valence-electron chi connectivity index (χ2n) is 5.76. The molecule has 0 aliphatic rings. The number of carbonyl (C=O) groups excluding carboxylic acids is 1. The van der Waals surface area contributed by atoms with Crippen LogP contribution >= 0.6 is 11.6 Å². The van der Waals surface area contributed by atoms with Crippen molar-refractivity contribution >= 4 is 33.2 Å². The standard InChI is InChI=1S/C18H21ClN2O5S/c1-11-14(19)6-5-7-15(11)20-18(22)12(2)21-27(23,24)13-8-9-16(25-3)17(10-13)26-4/h5-10,12,21H,1-4H3,(H,20,22)/t12-/m1/s1. The molecule has 0 aliphatic carbocycles. The number of sulfonamides is 1. The van der Waals surface area contributed by atoms with Crippen molar-refractivity contribution in [2.45, 2.75) is 24.8 Å². The average Bonchev–Trinajstić information content (AvgIpc) is 2.64. The Morgan fingerprint density at radius 2 is 1.78 bits per heavy atom. The second-order valence-corrected chi connectivity index (χ2v) is 7.88. The Hall–Kier alpha value is -2.29. The van der Waals surface area contributed by atoms with Crippen LogP contribution in [-0.4, -0.2) is 34.6 Å². The van der Waals surface area contributed by atoms with Crippen LogP contribution in [0.4, 0.5) is 5.69 Å². The molecule has 0 aromatic heterocycles. The van der Waals surface area contributed by atoms with E-state index >= 15 is 0 Å². The molecule has 146 valence electrons. The van der Waals surface area contributed by atoms with Crippen LogP contribution in [0.2, 0.25) is 5.02 Å². The SMILES string of the molecule is COc1ccc(S(=O)(=O)N[C@H](C)C(=O)Nc2cccc(Cl)c2C)cc1OC. The van der Waals surface area contributed by atoms with Gasteiger partial charge in [0.25, 0.3) is 0 Å². The van der Waals surface area contributed by atoms with E-state index in [1.807, 2.05) is 0 Å². The van der Waals surface area contributed by atoms with Gasteiger partial charge in [-0.2, -0.15) is 4.72 Å². The summed E-state index contributed by atoms with van der Waals surface area (Å²) >= 11 is 6.03. The number of benzene rings is 2. The highest BCUT2D eigenvalue weighted by atomic mass is 35.5. The summed E-state index contributed by atoms with van der Waals surface area (Å²) < 4.78 is 37.7. The van der Waals surface area contributed by atoms with Crippen molar-refractivity contribution in [3.8, 4) is 11.5 Å². The van der Waals surface area contributed by atoms with E-state index in [9.17, 15) is 13.2 Å². The molecular formula is C18H21ClN2O5S. The minimum absolute atomic E-state index is 0.0428. The molecule has 0 radical (unpaired) electrons. The Bertz CT molecular complexity index is 947. The number of nitrogens with one attached hydrogen (secondary N) is 2. The van der Waals surface area contributed by atoms with Gasteiger partial charge in [-0.3, -0.25) is 4.79 Å². The van der Waals surface area contributed by atoms with Crippen molar-refractivity contribution < 1.29 is 22.7 Å². The van der Waals surface area contributed by atoms with Crippen LogP contribution in [0.15, 0.2) is 41.3 Å². The van der Waals surface area contributed by atoms with Crippen molar-refractivity contribution in [1.82, 2.24) is 4.72 Å². The second kappa shape index (κ2) is 8.60. The van der Waals surface area contributed by atoms with Crippen molar-refractivity contribution in [2.75, 3.05) is 19.5 Å². The first kappa shape index (κ1) is 21.0. The first-order chi connectivity index (χ1) is 12.7. The zero-order chi connectivity index (χ0) is 20.2. The van der Waals surface area contributed by atoms with E-state index in [4.69, 9.17) is 21.1 Å². The lowest BCUT2D eigenvalue weighted by molar-refractivity contribution is -0.117. The van der Waals surface area contributed by atoms with Crippen LogP contribution in [0.3, 0.4) is 0 Å². The Labute approximate surface area is 163 Å². The Kier molecular flexibility index (Phi) is 6.69. The van der Waals surface area contributed by atoms with Gasteiger partial charge in [0.1, 0.15) is 0 Å². The molecule has 27 heavy (non-hydrogen) atoms. The molecule has 2 aromatic rings. The predicted molar refractivity (Wildman–Crippen MR) is 104 cm³/mol. The Balaban J connectivity index is 2.17. The lowest BCUT2D eigenvalue weighted by Crippen LogP contribution is -2.41. The number of halogens is 1. The van der Waals surface area contributed by atoms with E-state index in [-0.39, 0.29) is 10.6 Å². The zero-order valence-electron chi connectivity index (χ0n) is 15.4. The van der Waals surface area contributed by atoms with E-state index in [0.717, 1.165) is 0 Å². The fourth-order valence-corrected chi connectivity index (χ4v) is 3.71. The molecule has 2 rings (SSSR count). The van der Waals surface area contributed by atoms with Gasteiger partial charge >= 0.3 is 0 Å². The molecule has 7 nitrogen and oxygen atoms in total. The van der Waals surface area contributed by atoms with Gasteiger partial charge in [-0.25, -0.2) is 8.42 Å². The third-order valence-electron chi connectivity index (χ3n) is 3.92. The van der Waals surface area contributed by atoms with E-state index in [2.05, 4.69) is 10.0 Å². The van der Waals surface area contributed by atoms with Crippen LogP contribution in [0.25, 0.3) is 0 Å². The molecule has 0 unspecified atom stereocenters. The number of amides is 1. The number of rotatable bonds is 7. The van der Waals surface area contributed by atoms with Gasteiger partial charge in [0.2, 0.25) is 15.9 Å². The van der Waals surface area contributed by atoms with Gasteiger partial charge in [0.05, 0.1) is 25.2 Å². The fourth-order valence-electron chi connectivity index (χ4n) is 2.32. The maximum Gasteiger partial charge on any atom is 0.242 e. The van der Waals surface area contributed by atoms with E-state index < -0.39 is 22.0 Å². The molecule has 0 aliphatic heterocycles. The highest BCUT2D eigenvalue weighted by Gasteiger charge is 2.23. The molecule has 1 amide bonds. The third-order valence-corrected chi connectivity index (χ3v) is 5.86. The van der Waals surface area contributed by atoms with Gasteiger partial charge in [0.15, 0.2) is 11.5 Å². The van der Waals surface area contributed by atoms with Crippen LogP contribution in [-0.2, 0) is 14.8 Å². The molecule has 0 saturated carbocycles. The maximum atomic E-state index is 12.6.